The largest absolute Gasteiger partial charge is 0.465 e. The molecular formula is C23H21F3O4S2. The lowest BCUT2D eigenvalue weighted by Gasteiger charge is -2.45. The molecule has 0 bridgehead atoms. The average Bonchev–Trinajstić information content (AvgIpc) is 3.04. The number of carbonyl (C=O) groups is 2. The van der Waals surface area contributed by atoms with Crippen LogP contribution >= 0.6 is 23.5 Å². The molecule has 1 heterocycles. The van der Waals surface area contributed by atoms with Gasteiger partial charge in [0.15, 0.2) is 10.5 Å². The van der Waals surface area contributed by atoms with Crippen LogP contribution in [0.5, 0.6) is 0 Å². The van der Waals surface area contributed by atoms with E-state index in [1.807, 2.05) is 6.07 Å². The summed E-state index contributed by atoms with van der Waals surface area (Å²) < 4.78 is 43.2. The van der Waals surface area contributed by atoms with E-state index in [0.29, 0.717) is 11.1 Å². The van der Waals surface area contributed by atoms with Crippen LogP contribution in [0.3, 0.4) is 0 Å². The van der Waals surface area contributed by atoms with E-state index in [1.54, 1.807) is 48.5 Å². The number of thioether (sulfide) groups is 2. The Labute approximate surface area is 191 Å². The van der Waals surface area contributed by atoms with E-state index >= 15 is 0 Å². The number of aliphatic hydroxyl groups excluding tert-OH is 1. The van der Waals surface area contributed by atoms with Gasteiger partial charge in [-0.25, -0.2) is 0 Å². The molecule has 1 N–H and O–H groups in total. The Balaban J connectivity index is 1.90. The van der Waals surface area contributed by atoms with E-state index in [1.165, 1.54) is 18.7 Å². The van der Waals surface area contributed by atoms with E-state index in [0.717, 1.165) is 4.90 Å². The first-order valence-electron chi connectivity index (χ1n) is 10.1. The van der Waals surface area contributed by atoms with Crippen molar-refractivity contribution in [1.29, 1.82) is 0 Å². The Morgan fingerprint density at radius 3 is 2.47 bits per heavy atom. The second-order valence-corrected chi connectivity index (χ2v) is 10.3. The van der Waals surface area contributed by atoms with Crippen LogP contribution in [0.15, 0.2) is 59.5 Å². The summed E-state index contributed by atoms with van der Waals surface area (Å²) in [5.74, 6) is -2.12. The van der Waals surface area contributed by atoms with Gasteiger partial charge in [0, 0.05) is 10.1 Å². The number of hydrogen-bond donors (Lipinski definition) is 1. The second kappa shape index (κ2) is 8.43. The Hall–Kier alpha value is -1.97. The highest BCUT2D eigenvalue weighted by Crippen LogP contribution is 2.68. The number of alkyl halides is 3. The number of aliphatic hydroxyl groups is 1. The van der Waals surface area contributed by atoms with Crippen molar-refractivity contribution in [3.63, 3.8) is 0 Å². The van der Waals surface area contributed by atoms with Gasteiger partial charge in [-0.2, -0.15) is 13.2 Å². The monoisotopic (exact) mass is 482 g/mol. The fourth-order valence-electron chi connectivity index (χ4n) is 4.74. The summed E-state index contributed by atoms with van der Waals surface area (Å²) in [6, 6.07) is 15.9. The lowest BCUT2D eigenvalue weighted by molar-refractivity contribution is -0.151. The topological polar surface area (TPSA) is 63.6 Å². The molecule has 32 heavy (non-hydrogen) atoms. The fourth-order valence-corrected chi connectivity index (χ4v) is 7.34. The second-order valence-electron chi connectivity index (χ2n) is 7.81. The SMILES string of the molecule is CCOC(=O)[C@@]1(SC(F)(F)F)CC[C@@]2(C1=O)[C@@H](O)c1ccccc1S[C@H]2c1ccccc1. The van der Waals surface area contributed by atoms with Crippen LogP contribution in [-0.4, -0.2) is 33.7 Å². The molecule has 0 saturated heterocycles. The fraction of sp³-hybridized carbons (Fsp3) is 0.391. The van der Waals surface area contributed by atoms with Crippen LogP contribution in [0.25, 0.3) is 0 Å². The van der Waals surface area contributed by atoms with Crippen LogP contribution in [0.1, 0.15) is 42.2 Å². The molecule has 0 amide bonds. The van der Waals surface area contributed by atoms with Gasteiger partial charge in [0.05, 0.1) is 18.1 Å². The maximum absolute atomic E-state index is 14.0. The molecule has 4 atom stereocenters. The number of ether oxygens (including phenoxy) is 1. The van der Waals surface area contributed by atoms with Crippen molar-refractivity contribution in [3.8, 4) is 0 Å². The Morgan fingerprint density at radius 2 is 1.81 bits per heavy atom. The molecule has 4 nitrogen and oxygen atoms in total. The van der Waals surface area contributed by atoms with Crippen LogP contribution < -0.4 is 0 Å². The zero-order chi connectivity index (χ0) is 23.1. The number of ketones is 1. The molecule has 2 aromatic rings. The Bertz CT molecular complexity index is 1030. The molecule has 4 rings (SSSR count). The molecule has 0 radical (unpaired) electrons. The number of hydrogen-bond acceptors (Lipinski definition) is 6. The predicted octanol–water partition coefficient (Wildman–Crippen LogP) is 5.47. The lowest BCUT2D eigenvalue weighted by Crippen LogP contribution is -2.51. The summed E-state index contributed by atoms with van der Waals surface area (Å²) in [5.41, 5.74) is -5.25. The van der Waals surface area contributed by atoms with Gasteiger partial charge in [-0.15, -0.1) is 11.8 Å². The first kappa shape index (κ1) is 23.2. The molecule has 0 aromatic heterocycles. The molecule has 1 aliphatic carbocycles. The minimum absolute atomic E-state index is 0.0736. The average molecular weight is 483 g/mol. The maximum atomic E-state index is 14.0. The number of esters is 1. The molecule has 9 heteroatoms. The lowest BCUT2D eigenvalue weighted by atomic mass is 9.70. The quantitative estimate of drug-likeness (QED) is 0.461. The molecule has 0 unspecified atom stereocenters. The molecule has 2 aliphatic rings. The summed E-state index contributed by atoms with van der Waals surface area (Å²) in [5, 5.41) is 10.8. The molecule has 1 aliphatic heterocycles. The van der Waals surface area contributed by atoms with Gasteiger partial charge in [0.25, 0.3) is 0 Å². The number of benzene rings is 2. The van der Waals surface area contributed by atoms with Crippen LogP contribution in [0.2, 0.25) is 0 Å². The molecule has 1 saturated carbocycles. The van der Waals surface area contributed by atoms with Crippen molar-refractivity contribution >= 4 is 35.3 Å². The maximum Gasteiger partial charge on any atom is 0.443 e. The third-order valence-electron chi connectivity index (χ3n) is 6.09. The number of Topliss-reactive ketones (excluding diaryl/α,β-unsaturated/α-hetero) is 1. The van der Waals surface area contributed by atoms with Crippen molar-refractivity contribution in [3.05, 3.63) is 65.7 Å². The van der Waals surface area contributed by atoms with Crippen LogP contribution in [-0.2, 0) is 14.3 Å². The van der Waals surface area contributed by atoms with Gasteiger partial charge in [-0.3, -0.25) is 9.59 Å². The minimum Gasteiger partial charge on any atom is -0.465 e. The van der Waals surface area contributed by atoms with Gasteiger partial charge in [-0.05, 0) is 48.7 Å². The normalized spacial score (nSPS) is 29.7. The number of rotatable bonds is 4. The zero-order valence-corrected chi connectivity index (χ0v) is 18.7. The van der Waals surface area contributed by atoms with E-state index in [9.17, 15) is 27.9 Å². The van der Waals surface area contributed by atoms with E-state index in [2.05, 4.69) is 0 Å². The van der Waals surface area contributed by atoms with Crippen LogP contribution in [0, 0.1) is 5.41 Å². The Kier molecular flexibility index (Phi) is 6.11. The molecular weight excluding hydrogens is 461 g/mol. The zero-order valence-electron chi connectivity index (χ0n) is 17.1. The summed E-state index contributed by atoms with van der Waals surface area (Å²) in [4.78, 5) is 27.6. The van der Waals surface area contributed by atoms with Crippen LogP contribution in [0.4, 0.5) is 13.2 Å². The van der Waals surface area contributed by atoms with Crippen molar-refractivity contribution < 1.29 is 32.6 Å². The predicted molar refractivity (Wildman–Crippen MR) is 116 cm³/mol. The molecule has 170 valence electrons. The highest BCUT2D eigenvalue weighted by Gasteiger charge is 2.70. The number of halogens is 3. The first-order valence-corrected chi connectivity index (χ1v) is 11.8. The highest BCUT2D eigenvalue weighted by molar-refractivity contribution is 8.03. The van der Waals surface area contributed by atoms with Gasteiger partial charge in [0.1, 0.15) is 0 Å². The van der Waals surface area contributed by atoms with Gasteiger partial charge >= 0.3 is 11.5 Å². The molecule has 1 fully saturated rings. The number of carbonyl (C=O) groups excluding carboxylic acids is 2. The van der Waals surface area contributed by atoms with E-state index in [-0.39, 0.29) is 19.4 Å². The van der Waals surface area contributed by atoms with E-state index < -0.39 is 50.5 Å². The summed E-state index contributed by atoms with van der Waals surface area (Å²) >= 11 is 0.706. The standard InChI is InChI=1S/C23H21F3O4S2/c1-2-30-20(29)22(32-23(24,25)26)13-12-21(19(22)28)17(27)15-10-6-7-11-16(15)31-18(21)14-8-4-3-5-9-14/h3-11,17-18,27H,2,12-13H2,1H3/t17-,18-,21+,22+/m0/s1. The van der Waals surface area contributed by atoms with E-state index in [4.69, 9.17) is 4.74 Å². The van der Waals surface area contributed by atoms with Gasteiger partial charge in [-0.1, -0.05) is 48.5 Å². The van der Waals surface area contributed by atoms with Crippen molar-refractivity contribution in [1.82, 2.24) is 0 Å². The Morgan fingerprint density at radius 1 is 1.16 bits per heavy atom. The molecule has 2 aromatic carbocycles. The number of fused-ring (bicyclic) bond motifs is 1. The third-order valence-corrected chi connectivity index (χ3v) is 8.78. The van der Waals surface area contributed by atoms with Crippen molar-refractivity contribution in [2.75, 3.05) is 6.61 Å². The van der Waals surface area contributed by atoms with Gasteiger partial charge < -0.3 is 9.84 Å². The van der Waals surface area contributed by atoms with Gasteiger partial charge in [0.2, 0.25) is 0 Å². The van der Waals surface area contributed by atoms with Crippen molar-refractivity contribution in [2.45, 2.75) is 46.3 Å². The smallest absolute Gasteiger partial charge is 0.443 e. The first-order chi connectivity index (χ1) is 15.2. The summed E-state index contributed by atoms with van der Waals surface area (Å²) in [6.07, 6.45) is -1.80. The summed E-state index contributed by atoms with van der Waals surface area (Å²) in [7, 11) is 0. The third kappa shape index (κ3) is 3.64. The molecule has 1 spiro atoms. The minimum atomic E-state index is -4.83. The van der Waals surface area contributed by atoms with Crippen molar-refractivity contribution in [2.24, 2.45) is 5.41 Å². The summed E-state index contributed by atoms with van der Waals surface area (Å²) in [6.45, 7) is 1.33. The highest BCUT2D eigenvalue weighted by atomic mass is 32.2.